The molecule has 2 N–H and O–H groups in total. The molecule has 8 heteroatoms. The third-order valence-electron chi connectivity index (χ3n) is 4.70. The van der Waals surface area contributed by atoms with E-state index in [0.29, 0.717) is 53.8 Å². The number of nitrogens with zero attached hydrogens (tertiary/aromatic N) is 2. The minimum absolute atomic E-state index is 0. The van der Waals surface area contributed by atoms with Crippen molar-refractivity contribution in [2.45, 2.75) is 6.92 Å². The van der Waals surface area contributed by atoms with Crippen LogP contribution in [-0.4, -0.2) is 54.9 Å². The van der Waals surface area contributed by atoms with E-state index in [2.05, 4.69) is 0 Å². The van der Waals surface area contributed by atoms with E-state index in [0.717, 1.165) is 5.56 Å². The van der Waals surface area contributed by atoms with Crippen LogP contribution in [0.3, 0.4) is 0 Å². The van der Waals surface area contributed by atoms with E-state index >= 15 is 0 Å². The maximum Gasteiger partial charge on any atom is 0.257 e. The molecule has 28 heavy (non-hydrogen) atoms. The number of rotatable bonds is 3. The Labute approximate surface area is 175 Å². The first-order valence-electron chi connectivity index (χ1n) is 8.69. The number of halogens is 2. The van der Waals surface area contributed by atoms with E-state index < -0.39 is 0 Å². The lowest BCUT2D eigenvalue weighted by Crippen LogP contribution is -2.50. The van der Waals surface area contributed by atoms with Crippen molar-refractivity contribution in [3.05, 3.63) is 58.1 Å². The van der Waals surface area contributed by atoms with Gasteiger partial charge in [-0.15, -0.1) is 12.4 Å². The smallest absolute Gasteiger partial charge is 0.257 e. The van der Waals surface area contributed by atoms with Crippen LogP contribution in [0.4, 0.5) is 5.69 Å². The minimum Gasteiger partial charge on any atom is -0.496 e. The summed E-state index contributed by atoms with van der Waals surface area (Å²) in [5.41, 5.74) is 8.28. The molecule has 0 aliphatic carbocycles. The molecule has 0 aromatic heterocycles. The van der Waals surface area contributed by atoms with E-state index in [1.54, 1.807) is 15.9 Å². The van der Waals surface area contributed by atoms with E-state index in [9.17, 15) is 9.59 Å². The summed E-state index contributed by atoms with van der Waals surface area (Å²) in [6.07, 6.45) is 0. The Morgan fingerprint density at radius 2 is 1.54 bits per heavy atom. The molecule has 0 saturated carbocycles. The number of aryl methyl sites for hydroxylation is 1. The lowest BCUT2D eigenvalue weighted by atomic mass is 10.1. The van der Waals surface area contributed by atoms with Crippen LogP contribution in [0.2, 0.25) is 5.02 Å². The first kappa shape index (κ1) is 21.9. The predicted octanol–water partition coefficient (Wildman–Crippen LogP) is 3.26. The lowest BCUT2D eigenvalue weighted by Gasteiger charge is -2.35. The Morgan fingerprint density at radius 1 is 1.00 bits per heavy atom. The van der Waals surface area contributed by atoms with Crippen molar-refractivity contribution < 1.29 is 14.3 Å². The topological polar surface area (TPSA) is 75.9 Å². The molecule has 2 amide bonds. The van der Waals surface area contributed by atoms with Crippen molar-refractivity contribution in [2.24, 2.45) is 0 Å². The Balaban J connectivity index is 0.00000280. The number of carbonyl (C=O) groups excluding carboxylic acids is 2. The summed E-state index contributed by atoms with van der Waals surface area (Å²) in [4.78, 5) is 28.9. The van der Waals surface area contributed by atoms with Crippen molar-refractivity contribution >= 4 is 41.5 Å². The standard InChI is InChI=1S/C20H22ClN3O3.ClH/c1-13-3-5-14(6-4-13)19(25)23-7-9-24(10-8-23)20(26)15-11-16(21)17(22)12-18(15)27-2;/h3-6,11-12H,7-10,22H2,1-2H3;1H. The van der Waals surface area contributed by atoms with Gasteiger partial charge in [-0.1, -0.05) is 29.3 Å². The number of nitrogens with two attached hydrogens (primary N) is 1. The zero-order chi connectivity index (χ0) is 19.6. The predicted molar refractivity (Wildman–Crippen MR) is 113 cm³/mol. The van der Waals surface area contributed by atoms with Gasteiger partial charge in [0, 0.05) is 37.8 Å². The van der Waals surface area contributed by atoms with Gasteiger partial charge in [-0.05, 0) is 25.1 Å². The van der Waals surface area contributed by atoms with Crippen molar-refractivity contribution in [1.29, 1.82) is 0 Å². The van der Waals surface area contributed by atoms with Crippen LogP contribution in [0.25, 0.3) is 0 Å². The van der Waals surface area contributed by atoms with Gasteiger partial charge in [0.2, 0.25) is 0 Å². The van der Waals surface area contributed by atoms with Crippen LogP contribution in [0.5, 0.6) is 5.75 Å². The summed E-state index contributed by atoms with van der Waals surface area (Å²) in [6.45, 7) is 3.83. The zero-order valence-corrected chi connectivity index (χ0v) is 17.3. The van der Waals surface area contributed by atoms with Crippen molar-refractivity contribution in [3.8, 4) is 5.75 Å². The molecule has 3 rings (SSSR count). The van der Waals surface area contributed by atoms with Crippen LogP contribution in [0.15, 0.2) is 36.4 Å². The normalized spacial score (nSPS) is 13.7. The molecule has 6 nitrogen and oxygen atoms in total. The quantitative estimate of drug-likeness (QED) is 0.768. The molecular formula is C20H23Cl2N3O3. The van der Waals surface area contributed by atoms with Crippen LogP contribution < -0.4 is 10.5 Å². The molecule has 0 atom stereocenters. The van der Waals surface area contributed by atoms with Gasteiger partial charge in [-0.2, -0.15) is 0 Å². The first-order chi connectivity index (χ1) is 12.9. The molecule has 1 saturated heterocycles. The van der Waals surface area contributed by atoms with Gasteiger partial charge < -0.3 is 20.3 Å². The first-order valence-corrected chi connectivity index (χ1v) is 9.06. The Morgan fingerprint density at radius 3 is 2.07 bits per heavy atom. The number of ether oxygens (including phenoxy) is 1. The van der Waals surface area contributed by atoms with Gasteiger partial charge in [0.05, 0.1) is 23.4 Å². The van der Waals surface area contributed by atoms with E-state index in [1.807, 2.05) is 31.2 Å². The number of piperazine rings is 1. The molecule has 0 spiro atoms. The number of hydrogen-bond acceptors (Lipinski definition) is 4. The third-order valence-corrected chi connectivity index (χ3v) is 5.03. The Kier molecular flexibility index (Phi) is 7.16. The molecule has 2 aromatic rings. The summed E-state index contributed by atoms with van der Waals surface area (Å²) < 4.78 is 5.27. The molecular weight excluding hydrogens is 401 g/mol. The number of carbonyl (C=O) groups is 2. The second kappa shape index (κ2) is 9.17. The van der Waals surface area contributed by atoms with Gasteiger partial charge in [-0.3, -0.25) is 9.59 Å². The SMILES string of the molecule is COc1cc(N)c(Cl)cc1C(=O)N1CCN(C(=O)c2ccc(C)cc2)CC1.Cl. The van der Waals surface area contributed by atoms with Crippen LogP contribution >= 0.6 is 24.0 Å². The highest BCUT2D eigenvalue weighted by Crippen LogP contribution is 2.30. The van der Waals surface area contributed by atoms with Crippen LogP contribution in [-0.2, 0) is 0 Å². The highest BCUT2D eigenvalue weighted by Gasteiger charge is 2.27. The molecule has 1 fully saturated rings. The molecule has 1 aliphatic rings. The summed E-state index contributed by atoms with van der Waals surface area (Å²) in [6, 6.07) is 10.6. The maximum absolute atomic E-state index is 12.9. The van der Waals surface area contributed by atoms with Gasteiger partial charge in [0.25, 0.3) is 11.8 Å². The average Bonchev–Trinajstić information content (AvgIpc) is 2.69. The number of nitrogen functional groups attached to an aromatic ring is 1. The zero-order valence-electron chi connectivity index (χ0n) is 15.8. The number of amides is 2. The van der Waals surface area contributed by atoms with E-state index in [-0.39, 0.29) is 24.2 Å². The van der Waals surface area contributed by atoms with Crippen molar-refractivity contribution in [1.82, 2.24) is 9.80 Å². The van der Waals surface area contributed by atoms with Gasteiger partial charge in [-0.25, -0.2) is 0 Å². The monoisotopic (exact) mass is 423 g/mol. The molecule has 150 valence electrons. The van der Waals surface area contributed by atoms with Crippen molar-refractivity contribution in [3.63, 3.8) is 0 Å². The van der Waals surface area contributed by atoms with Gasteiger partial charge >= 0.3 is 0 Å². The lowest BCUT2D eigenvalue weighted by molar-refractivity contribution is 0.0533. The number of methoxy groups -OCH3 is 1. The summed E-state index contributed by atoms with van der Waals surface area (Å²) in [7, 11) is 1.48. The second-order valence-corrected chi connectivity index (χ2v) is 6.93. The summed E-state index contributed by atoms with van der Waals surface area (Å²) >= 11 is 6.07. The van der Waals surface area contributed by atoms with Gasteiger partial charge in [0.15, 0.2) is 0 Å². The van der Waals surface area contributed by atoms with Crippen molar-refractivity contribution in [2.75, 3.05) is 39.0 Å². The van der Waals surface area contributed by atoms with Gasteiger partial charge in [0.1, 0.15) is 5.75 Å². The summed E-state index contributed by atoms with van der Waals surface area (Å²) in [5, 5.41) is 0.312. The molecule has 2 aromatic carbocycles. The van der Waals surface area contributed by atoms with Crippen LogP contribution in [0, 0.1) is 6.92 Å². The van der Waals surface area contributed by atoms with Crippen LogP contribution in [0.1, 0.15) is 26.3 Å². The molecule has 0 radical (unpaired) electrons. The maximum atomic E-state index is 12.9. The molecule has 0 unspecified atom stereocenters. The van der Waals surface area contributed by atoms with E-state index in [1.165, 1.54) is 13.2 Å². The fourth-order valence-corrected chi connectivity index (χ4v) is 3.23. The third kappa shape index (κ3) is 4.51. The Hall–Kier alpha value is -2.44. The fraction of sp³-hybridized carbons (Fsp3) is 0.300. The number of anilines is 1. The Bertz CT molecular complexity index is 864. The molecule has 1 heterocycles. The average molecular weight is 424 g/mol. The second-order valence-electron chi connectivity index (χ2n) is 6.52. The largest absolute Gasteiger partial charge is 0.496 e. The number of hydrogen-bond donors (Lipinski definition) is 1. The fourth-order valence-electron chi connectivity index (χ4n) is 3.07. The highest BCUT2D eigenvalue weighted by atomic mass is 35.5. The molecule has 0 bridgehead atoms. The number of benzene rings is 2. The highest BCUT2D eigenvalue weighted by molar-refractivity contribution is 6.33. The summed E-state index contributed by atoms with van der Waals surface area (Å²) in [5.74, 6) is 0.187. The molecule has 1 aliphatic heterocycles. The van der Waals surface area contributed by atoms with E-state index in [4.69, 9.17) is 22.1 Å². The minimum atomic E-state index is -0.184.